The van der Waals surface area contributed by atoms with Crippen LogP contribution in [0.25, 0.3) is 0 Å². The zero-order valence-electron chi connectivity index (χ0n) is 13.1. The Kier molecular flexibility index (Phi) is 6.89. The first-order valence-corrected chi connectivity index (χ1v) is 8.82. The summed E-state index contributed by atoms with van der Waals surface area (Å²) in [6, 6.07) is 5.97. The lowest BCUT2D eigenvalue weighted by Crippen LogP contribution is -2.56. The average Bonchev–Trinajstić information content (AvgIpc) is 2.49. The maximum absolute atomic E-state index is 13.7. The lowest BCUT2D eigenvalue weighted by molar-refractivity contribution is -0.128. The van der Waals surface area contributed by atoms with Gasteiger partial charge in [-0.15, -0.1) is 24.2 Å². The molecule has 2 aliphatic rings. The Morgan fingerprint density at radius 3 is 2.71 bits per heavy atom. The van der Waals surface area contributed by atoms with Crippen LogP contribution in [0, 0.1) is 11.7 Å². The van der Waals surface area contributed by atoms with Gasteiger partial charge in [-0.2, -0.15) is 0 Å². The highest BCUT2D eigenvalue weighted by molar-refractivity contribution is 8.00. The highest BCUT2D eigenvalue weighted by atomic mass is 35.5. The molecule has 2 unspecified atom stereocenters. The van der Waals surface area contributed by atoms with E-state index in [0.717, 1.165) is 13.1 Å². The summed E-state index contributed by atoms with van der Waals surface area (Å²) in [6.07, 6.45) is 0.339. The fourth-order valence-electron chi connectivity index (χ4n) is 2.61. The number of halogens is 2. The molecule has 2 amide bonds. The Labute approximate surface area is 150 Å². The van der Waals surface area contributed by atoms with E-state index in [9.17, 15) is 14.0 Å². The number of carbonyl (C=O) groups is 2. The molecule has 3 N–H and O–H groups in total. The van der Waals surface area contributed by atoms with Crippen LogP contribution in [0.3, 0.4) is 0 Å². The van der Waals surface area contributed by atoms with E-state index in [0.29, 0.717) is 30.2 Å². The van der Waals surface area contributed by atoms with Gasteiger partial charge in [0.2, 0.25) is 11.8 Å². The van der Waals surface area contributed by atoms with Gasteiger partial charge in [-0.3, -0.25) is 9.59 Å². The molecule has 0 saturated carbocycles. The third-order valence-electron chi connectivity index (χ3n) is 4.18. The Morgan fingerprint density at radius 2 is 2.08 bits per heavy atom. The molecule has 0 aromatic heterocycles. The highest BCUT2D eigenvalue weighted by Crippen LogP contribution is 2.23. The van der Waals surface area contributed by atoms with Gasteiger partial charge in [-0.25, -0.2) is 4.39 Å². The van der Waals surface area contributed by atoms with Crippen molar-refractivity contribution in [1.82, 2.24) is 16.0 Å². The molecule has 0 aliphatic carbocycles. The van der Waals surface area contributed by atoms with Crippen molar-refractivity contribution in [3.05, 3.63) is 35.6 Å². The molecule has 2 atom stereocenters. The fourth-order valence-corrected chi connectivity index (χ4v) is 3.79. The normalized spacial score (nSPS) is 23.6. The molecule has 132 valence electrons. The number of hydrogen-bond acceptors (Lipinski definition) is 4. The molecule has 5 nitrogen and oxygen atoms in total. The van der Waals surface area contributed by atoms with Crippen molar-refractivity contribution < 1.29 is 14.0 Å². The average molecular weight is 374 g/mol. The minimum Gasteiger partial charge on any atom is -0.354 e. The summed E-state index contributed by atoms with van der Waals surface area (Å²) < 4.78 is 13.7. The molecular weight excluding hydrogens is 353 g/mol. The molecule has 3 rings (SSSR count). The van der Waals surface area contributed by atoms with Crippen LogP contribution in [0.4, 0.5) is 4.39 Å². The largest absolute Gasteiger partial charge is 0.354 e. The third kappa shape index (κ3) is 4.62. The number of rotatable bonds is 5. The van der Waals surface area contributed by atoms with Crippen molar-refractivity contribution in [3.8, 4) is 0 Å². The Morgan fingerprint density at radius 1 is 1.33 bits per heavy atom. The summed E-state index contributed by atoms with van der Waals surface area (Å²) in [7, 11) is 0. The fraction of sp³-hybridized carbons (Fsp3) is 0.500. The van der Waals surface area contributed by atoms with Gasteiger partial charge in [0.05, 0.1) is 5.25 Å². The minimum absolute atomic E-state index is 0. The van der Waals surface area contributed by atoms with Gasteiger partial charge in [0.1, 0.15) is 11.9 Å². The van der Waals surface area contributed by atoms with E-state index in [2.05, 4.69) is 16.0 Å². The van der Waals surface area contributed by atoms with Crippen molar-refractivity contribution >= 4 is 36.0 Å². The predicted octanol–water partition coefficient (Wildman–Crippen LogP) is 0.726. The van der Waals surface area contributed by atoms with Crippen LogP contribution < -0.4 is 16.0 Å². The zero-order chi connectivity index (χ0) is 16.2. The van der Waals surface area contributed by atoms with Crippen LogP contribution in [0.2, 0.25) is 0 Å². The number of thioether (sulfide) groups is 1. The third-order valence-corrected chi connectivity index (χ3v) is 5.49. The first-order valence-electron chi connectivity index (χ1n) is 7.77. The first kappa shape index (κ1) is 19.0. The number of amides is 2. The van der Waals surface area contributed by atoms with Crippen LogP contribution in [-0.2, 0) is 16.0 Å². The molecule has 0 bridgehead atoms. The van der Waals surface area contributed by atoms with Gasteiger partial charge >= 0.3 is 0 Å². The molecule has 2 aliphatic heterocycles. The smallest absolute Gasteiger partial charge is 0.243 e. The van der Waals surface area contributed by atoms with Gasteiger partial charge in [0.15, 0.2) is 0 Å². The van der Waals surface area contributed by atoms with E-state index in [1.807, 2.05) is 0 Å². The van der Waals surface area contributed by atoms with E-state index in [-0.39, 0.29) is 35.3 Å². The lowest BCUT2D eigenvalue weighted by atomic mass is 10.0. The van der Waals surface area contributed by atoms with E-state index >= 15 is 0 Å². The summed E-state index contributed by atoms with van der Waals surface area (Å²) in [4.78, 5) is 24.3. The second-order valence-corrected chi connectivity index (χ2v) is 7.18. The van der Waals surface area contributed by atoms with E-state index in [1.165, 1.54) is 17.8 Å². The van der Waals surface area contributed by atoms with Crippen LogP contribution in [-0.4, -0.2) is 48.5 Å². The van der Waals surface area contributed by atoms with Crippen LogP contribution in [0.5, 0.6) is 0 Å². The lowest BCUT2D eigenvalue weighted by Gasteiger charge is -2.30. The summed E-state index contributed by atoms with van der Waals surface area (Å²) in [5, 5.41) is 8.43. The van der Waals surface area contributed by atoms with E-state index < -0.39 is 6.04 Å². The summed E-state index contributed by atoms with van der Waals surface area (Å²) >= 11 is 1.41. The van der Waals surface area contributed by atoms with Crippen molar-refractivity contribution in [2.45, 2.75) is 17.7 Å². The van der Waals surface area contributed by atoms with Gasteiger partial charge in [0.25, 0.3) is 0 Å². The first-order chi connectivity index (χ1) is 11.1. The minimum atomic E-state index is -0.502. The van der Waals surface area contributed by atoms with Gasteiger partial charge in [0, 0.05) is 31.3 Å². The predicted molar refractivity (Wildman–Crippen MR) is 94.9 cm³/mol. The summed E-state index contributed by atoms with van der Waals surface area (Å²) in [5.74, 6) is 0.367. The van der Waals surface area contributed by atoms with Crippen molar-refractivity contribution in [2.24, 2.45) is 5.92 Å². The molecule has 0 spiro atoms. The zero-order valence-corrected chi connectivity index (χ0v) is 14.7. The summed E-state index contributed by atoms with van der Waals surface area (Å²) in [6.45, 7) is 2.50. The van der Waals surface area contributed by atoms with Crippen molar-refractivity contribution in [3.63, 3.8) is 0 Å². The highest BCUT2D eigenvalue weighted by Gasteiger charge is 2.33. The molecule has 1 aromatic carbocycles. The van der Waals surface area contributed by atoms with Crippen LogP contribution >= 0.6 is 24.2 Å². The number of hydrogen-bond donors (Lipinski definition) is 3. The van der Waals surface area contributed by atoms with Crippen molar-refractivity contribution in [2.75, 3.05) is 25.4 Å². The maximum atomic E-state index is 13.7. The van der Waals surface area contributed by atoms with E-state index in [4.69, 9.17) is 0 Å². The standard InChI is InChI=1S/C16H20FN3O2S.ClH/c17-12-4-2-1-3-11(12)5-14-16(22)20-13(9-23-14)15(21)19-8-10-6-18-7-10;/h1-4,10,13-14,18H,5-9H2,(H,19,21)(H,20,22);1H. The molecule has 1 aromatic rings. The number of benzene rings is 1. The van der Waals surface area contributed by atoms with Crippen LogP contribution in [0.15, 0.2) is 24.3 Å². The molecule has 2 saturated heterocycles. The molecule has 2 fully saturated rings. The number of carbonyl (C=O) groups excluding carboxylic acids is 2. The second-order valence-electron chi connectivity index (χ2n) is 5.95. The molecule has 8 heteroatoms. The Bertz CT molecular complexity index is 600. The Hall–Kier alpha value is -1.31. The Balaban J connectivity index is 0.00000208. The molecule has 24 heavy (non-hydrogen) atoms. The second kappa shape index (κ2) is 8.69. The quantitative estimate of drug-likeness (QED) is 0.711. The van der Waals surface area contributed by atoms with Gasteiger partial charge in [-0.05, 0) is 18.1 Å². The number of nitrogens with one attached hydrogen (secondary N) is 3. The maximum Gasteiger partial charge on any atom is 0.243 e. The van der Waals surface area contributed by atoms with Crippen molar-refractivity contribution in [1.29, 1.82) is 0 Å². The van der Waals surface area contributed by atoms with Crippen LogP contribution in [0.1, 0.15) is 5.56 Å². The molecule has 0 radical (unpaired) electrons. The summed E-state index contributed by atoms with van der Waals surface area (Å²) in [5.41, 5.74) is 0.528. The monoisotopic (exact) mass is 373 g/mol. The molecule has 2 heterocycles. The van der Waals surface area contributed by atoms with E-state index in [1.54, 1.807) is 18.2 Å². The molecular formula is C16H21ClFN3O2S. The topological polar surface area (TPSA) is 70.2 Å². The SMILES string of the molecule is Cl.O=C(NCC1CNC1)C1CSC(Cc2ccccc2F)C(=O)N1. The van der Waals surface area contributed by atoms with Gasteiger partial charge in [-0.1, -0.05) is 18.2 Å². The van der Waals surface area contributed by atoms with Gasteiger partial charge < -0.3 is 16.0 Å².